The molecule has 0 fully saturated rings. The maximum absolute atomic E-state index is 12.4. The molecule has 0 bridgehead atoms. The standard InChI is InChI=1S/C17H17BrN2O4/c1-17(2)9-23-13-8-10(4-5-11(13)20(3)16(17)22)19-15(21)12-6-7-14(18)24-12/h4-8H,9H2,1-3H3,(H,19,21). The number of carbonyl (C=O) groups is 2. The van der Waals surface area contributed by atoms with Gasteiger partial charge in [0, 0.05) is 18.8 Å². The summed E-state index contributed by atoms with van der Waals surface area (Å²) in [5, 5.41) is 2.75. The van der Waals surface area contributed by atoms with Gasteiger partial charge in [0.1, 0.15) is 12.4 Å². The number of rotatable bonds is 2. The Kier molecular flexibility index (Phi) is 4.13. The van der Waals surface area contributed by atoms with Crippen molar-refractivity contribution < 1.29 is 18.7 Å². The first-order valence-electron chi connectivity index (χ1n) is 7.39. The maximum Gasteiger partial charge on any atom is 0.291 e. The molecule has 0 unspecified atom stereocenters. The van der Waals surface area contributed by atoms with Gasteiger partial charge in [-0.25, -0.2) is 0 Å². The molecule has 1 aromatic carbocycles. The van der Waals surface area contributed by atoms with Crippen LogP contribution >= 0.6 is 15.9 Å². The number of hydrogen-bond acceptors (Lipinski definition) is 4. The third kappa shape index (κ3) is 3.03. The van der Waals surface area contributed by atoms with Crippen LogP contribution in [0.2, 0.25) is 0 Å². The van der Waals surface area contributed by atoms with E-state index >= 15 is 0 Å². The number of furan rings is 1. The van der Waals surface area contributed by atoms with E-state index in [2.05, 4.69) is 21.2 Å². The molecule has 2 aromatic rings. The van der Waals surface area contributed by atoms with Crippen molar-refractivity contribution >= 4 is 39.1 Å². The number of nitrogens with one attached hydrogen (secondary N) is 1. The lowest BCUT2D eigenvalue weighted by Crippen LogP contribution is -2.39. The van der Waals surface area contributed by atoms with Gasteiger partial charge in [0.15, 0.2) is 10.4 Å². The molecule has 6 nitrogen and oxygen atoms in total. The van der Waals surface area contributed by atoms with Gasteiger partial charge >= 0.3 is 0 Å². The SMILES string of the molecule is CN1C(=O)C(C)(C)COc2cc(NC(=O)c3ccc(Br)o3)ccc21. The largest absolute Gasteiger partial charge is 0.490 e. The van der Waals surface area contributed by atoms with Gasteiger partial charge < -0.3 is 19.4 Å². The lowest BCUT2D eigenvalue weighted by molar-refractivity contribution is -0.127. The number of carbonyl (C=O) groups excluding carboxylic acids is 2. The average Bonchev–Trinajstić information content (AvgIpc) is 2.95. The minimum atomic E-state index is -0.613. The molecule has 1 aliphatic heterocycles. The molecule has 1 aliphatic rings. The van der Waals surface area contributed by atoms with Crippen molar-refractivity contribution in [1.82, 2.24) is 0 Å². The van der Waals surface area contributed by atoms with Crippen LogP contribution in [0.3, 0.4) is 0 Å². The summed E-state index contributed by atoms with van der Waals surface area (Å²) in [7, 11) is 1.72. The highest BCUT2D eigenvalue weighted by molar-refractivity contribution is 9.10. The zero-order valence-corrected chi connectivity index (χ0v) is 15.1. The predicted molar refractivity (Wildman–Crippen MR) is 93.5 cm³/mol. The quantitative estimate of drug-likeness (QED) is 0.845. The van der Waals surface area contributed by atoms with Gasteiger partial charge in [0.2, 0.25) is 5.91 Å². The molecule has 2 amide bonds. The van der Waals surface area contributed by atoms with Crippen LogP contribution in [-0.2, 0) is 4.79 Å². The first-order valence-corrected chi connectivity index (χ1v) is 8.19. The van der Waals surface area contributed by atoms with Gasteiger partial charge in [-0.05, 0) is 54.0 Å². The van der Waals surface area contributed by atoms with Crippen LogP contribution in [0.4, 0.5) is 11.4 Å². The van der Waals surface area contributed by atoms with Crippen molar-refractivity contribution in [2.45, 2.75) is 13.8 Å². The minimum absolute atomic E-state index is 0.0153. The summed E-state index contributed by atoms with van der Waals surface area (Å²) in [6, 6.07) is 8.41. The molecule has 0 radical (unpaired) electrons. The summed E-state index contributed by atoms with van der Waals surface area (Å²) in [4.78, 5) is 26.2. The number of halogens is 1. The van der Waals surface area contributed by atoms with Crippen LogP contribution < -0.4 is 15.0 Å². The molecule has 3 rings (SSSR count). The van der Waals surface area contributed by atoms with Crippen LogP contribution in [0.1, 0.15) is 24.4 Å². The highest BCUT2D eigenvalue weighted by Crippen LogP contribution is 2.37. The fraction of sp³-hybridized carbons (Fsp3) is 0.294. The van der Waals surface area contributed by atoms with Crippen LogP contribution in [0, 0.1) is 5.41 Å². The minimum Gasteiger partial charge on any atom is -0.490 e. The highest BCUT2D eigenvalue weighted by atomic mass is 79.9. The van der Waals surface area contributed by atoms with E-state index in [0.29, 0.717) is 21.8 Å². The summed E-state index contributed by atoms with van der Waals surface area (Å²) in [6.45, 7) is 3.95. The lowest BCUT2D eigenvalue weighted by Gasteiger charge is -2.24. The van der Waals surface area contributed by atoms with E-state index in [1.165, 1.54) is 0 Å². The van der Waals surface area contributed by atoms with E-state index in [1.807, 2.05) is 13.8 Å². The number of nitrogens with zero attached hydrogens (tertiary/aromatic N) is 1. The molecular formula is C17H17BrN2O4. The van der Waals surface area contributed by atoms with E-state index < -0.39 is 5.41 Å². The topological polar surface area (TPSA) is 71.8 Å². The van der Waals surface area contributed by atoms with Crippen LogP contribution in [0.5, 0.6) is 5.75 Å². The van der Waals surface area contributed by atoms with Crippen molar-refractivity contribution in [2.75, 3.05) is 23.9 Å². The van der Waals surface area contributed by atoms with Crippen LogP contribution in [0.15, 0.2) is 39.4 Å². The summed E-state index contributed by atoms with van der Waals surface area (Å²) in [5.41, 5.74) is 0.619. The smallest absolute Gasteiger partial charge is 0.291 e. The molecule has 24 heavy (non-hydrogen) atoms. The third-order valence-electron chi connectivity index (χ3n) is 3.85. The zero-order chi connectivity index (χ0) is 17.5. The summed E-state index contributed by atoms with van der Waals surface area (Å²) in [6.07, 6.45) is 0. The second-order valence-corrected chi connectivity index (χ2v) is 7.06. The van der Waals surface area contributed by atoms with Gasteiger partial charge in [0.05, 0.1) is 11.1 Å². The summed E-state index contributed by atoms with van der Waals surface area (Å²) < 4.78 is 11.5. The Balaban J connectivity index is 1.86. The van der Waals surface area contributed by atoms with E-state index in [4.69, 9.17) is 9.15 Å². The normalized spacial score (nSPS) is 16.2. The van der Waals surface area contributed by atoms with Gasteiger partial charge in [-0.2, -0.15) is 0 Å². The van der Waals surface area contributed by atoms with Gasteiger partial charge in [-0.3, -0.25) is 9.59 Å². The van der Waals surface area contributed by atoms with Gasteiger partial charge in [0.25, 0.3) is 5.91 Å². The lowest BCUT2D eigenvalue weighted by atomic mass is 9.93. The molecule has 126 valence electrons. The Morgan fingerprint density at radius 1 is 1.29 bits per heavy atom. The Morgan fingerprint density at radius 3 is 2.71 bits per heavy atom. The zero-order valence-electron chi connectivity index (χ0n) is 13.6. The van der Waals surface area contributed by atoms with Crippen molar-refractivity contribution in [2.24, 2.45) is 5.41 Å². The van der Waals surface area contributed by atoms with Crippen molar-refractivity contribution in [3.63, 3.8) is 0 Å². The number of anilines is 2. The van der Waals surface area contributed by atoms with Gasteiger partial charge in [-0.1, -0.05) is 0 Å². The second kappa shape index (κ2) is 5.98. The summed E-state index contributed by atoms with van der Waals surface area (Å²) in [5.74, 6) is 0.374. The Morgan fingerprint density at radius 2 is 2.04 bits per heavy atom. The van der Waals surface area contributed by atoms with E-state index in [1.54, 1.807) is 42.3 Å². The third-order valence-corrected chi connectivity index (χ3v) is 4.27. The molecule has 1 N–H and O–H groups in total. The number of hydrogen-bond donors (Lipinski definition) is 1. The van der Waals surface area contributed by atoms with Crippen LogP contribution in [0.25, 0.3) is 0 Å². The molecule has 2 heterocycles. The number of ether oxygens (including phenoxy) is 1. The Hall–Kier alpha value is -2.28. The fourth-order valence-electron chi connectivity index (χ4n) is 2.50. The molecule has 0 atom stereocenters. The number of amides is 2. The number of benzene rings is 1. The van der Waals surface area contributed by atoms with Crippen LogP contribution in [-0.4, -0.2) is 25.5 Å². The maximum atomic E-state index is 12.4. The highest BCUT2D eigenvalue weighted by Gasteiger charge is 2.36. The molecule has 7 heteroatoms. The van der Waals surface area contributed by atoms with E-state index in [0.717, 1.165) is 0 Å². The first-order chi connectivity index (χ1) is 11.3. The summed E-state index contributed by atoms with van der Waals surface area (Å²) >= 11 is 3.16. The molecular weight excluding hydrogens is 376 g/mol. The van der Waals surface area contributed by atoms with Crippen molar-refractivity contribution in [3.05, 3.63) is 40.8 Å². The monoisotopic (exact) mass is 392 g/mol. The number of fused-ring (bicyclic) bond motifs is 1. The molecule has 0 aliphatic carbocycles. The average molecular weight is 393 g/mol. The van der Waals surface area contributed by atoms with Crippen molar-refractivity contribution in [3.8, 4) is 5.75 Å². The van der Waals surface area contributed by atoms with Gasteiger partial charge in [-0.15, -0.1) is 0 Å². The van der Waals surface area contributed by atoms with E-state index in [9.17, 15) is 9.59 Å². The predicted octanol–water partition coefficient (Wildman–Crippen LogP) is 3.68. The fourth-order valence-corrected chi connectivity index (χ4v) is 2.80. The van der Waals surface area contributed by atoms with Crippen molar-refractivity contribution in [1.29, 1.82) is 0 Å². The first kappa shape index (κ1) is 16.6. The molecule has 0 saturated carbocycles. The second-order valence-electron chi connectivity index (χ2n) is 6.28. The Labute approximate surface area is 147 Å². The molecule has 1 aromatic heterocycles. The molecule has 0 saturated heterocycles. The molecule has 0 spiro atoms. The van der Waals surface area contributed by atoms with E-state index in [-0.39, 0.29) is 24.2 Å². The Bertz CT molecular complexity index is 813.